The number of benzene rings is 2. The number of aryl methyl sites for hydroxylation is 1. The van der Waals surface area contributed by atoms with Crippen LogP contribution >= 0.6 is 23.6 Å². The van der Waals surface area contributed by atoms with Gasteiger partial charge in [0, 0.05) is 35.6 Å². The Labute approximate surface area is 227 Å². The van der Waals surface area contributed by atoms with Crippen LogP contribution in [0.2, 0.25) is 0 Å². The summed E-state index contributed by atoms with van der Waals surface area (Å²) in [6, 6.07) is 15.6. The first-order valence-electron chi connectivity index (χ1n) is 12.5. The van der Waals surface area contributed by atoms with Crippen molar-refractivity contribution in [2.75, 3.05) is 25.0 Å². The fraction of sp³-hybridized carbons (Fsp3) is 0.357. The monoisotopic (exact) mass is 536 g/mol. The van der Waals surface area contributed by atoms with Gasteiger partial charge in [0.1, 0.15) is 11.7 Å². The highest BCUT2D eigenvalue weighted by Crippen LogP contribution is 2.32. The molecule has 2 aromatic carbocycles. The Morgan fingerprint density at radius 1 is 1.16 bits per heavy atom. The van der Waals surface area contributed by atoms with Gasteiger partial charge in [-0.05, 0) is 57.5 Å². The third-order valence-corrected chi connectivity index (χ3v) is 7.79. The lowest BCUT2D eigenvalue weighted by Crippen LogP contribution is -2.49. The maximum absolute atomic E-state index is 13.1. The maximum Gasteiger partial charge on any atom is 0.328 e. The van der Waals surface area contributed by atoms with Crippen LogP contribution < -0.4 is 10.6 Å². The average molecular weight is 537 g/mol. The van der Waals surface area contributed by atoms with Gasteiger partial charge < -0.3 is 20.3 Å². The van der Waals surface area contributed by atoms with Gasteiger partial charge in [0.05, 0.1) is 11.6 Å². The number of rotatable bonds is 7. The number of ether oxygens (including phenoxy) is 1. The molecule has 37 heavy (non-hydrogen) atoms. The van der Waals surface area contributed by atoms with E-state index < -0.39 is 6.04 Å². The van der Waals surface area contributed by atoms with Crippen LogP contribution in [0.25, 0.3) is 11.1 Å². The smallest absolute Gasteiger partial charge is 0.328 e. The van der Waals surface area contributed by atoms with Crippen molar-refractivity contribution in [1.82, 2.24) is 15.2 Å². The Kier molecular flexibility index (Phi) is 8.89. The second kappa shape index (κ2) is 12.3. The van der Waals surface area contributed by atoms with E-state index in [1.165, 1.54) is 16.9 Å². The average Bonchev–Trinajstić information content (AvgIpc) is 3.40. The van der Waals surface area contributed by atoms with Gasteiger partial charge in [0.25, 0.3) is 5.91 Å². The lowest BCUT2D eigenvalue weighted by molar-refractivity contribution is -0.144. The lowest BCUT2D eigenvalue weighted by Gasteiger charge is -2.33. The number of amides is 1. The third kappa shape index (κ3) is 6.72. The molecule has 1 saturated heterocycles. The van der Waals surface area contributed by atoms with Crippen LogP contribution in [0.1, 0.15) is 53.7 Å². The molecule has 1 unspecified atom stereocenters. The van der Waals surface area contributed by atoms with Crippen molar-refractivity contribution in [3.8, 4) is 11.1 Å². The van der Waals surface area contributed by atoms with Crippen molar-refractivity contribution in [2.24, 2.45) is 0 Å². The molecule has 7 nitrogen and oxygen atoms in total. The number of thiocarbonyl (C=S) groups is 1. The molecule has 1 aromatic heterocycles. The van der Waals surface area contributed by atoms with Crippen LogP contribution in [0.15, 0.2) is 53.9 Å². The molecule has 4 rings (SSSR count). The molecule has 2 N–H and O–H groups in total. The molecule has 1 atom stereocenters. The number of aromatic nitrogens is 1. The van der Waals surface area contributed by atoms with Crippen LogP contribution in [0.3, 0.4) is 0 Å². The molecule has 0 spiro atoms. The fourth-order valence-corrected chi connectivity index (χ4v) is 5.61. The number of carbonyl (C=O) groups excluding carboxylic acids is 2. The largest absolute Gasteiger partial charge is 0.464 e. The normalized spacial score (nSPS) is 14.6. The number of likely N-dealkylation sites (tertiary alicyclic amines) is 1. The summed E-state index contributed by atoms with van der Waals surface area (Å²) in [7, 11) is 0. The number of para-hydroxylation sites is 1. The molecule has 3 aromatic rings. The second-order valence-electron chi connectivity index (χ2n) is 9.12. The number of hydrogen-bond donors (Lipinski definition) is 2. The zero-order valence-electron chi connectivity index (χ0n) is 21.3. The maximum atomic E-state index is 13.1. The third-order valence-electron chi connectivity index (χ3n) is 6.40. The van der Waals surface area contributed by atoms with Gasteiger partial charge in [0.15, 0.2) is 5.11 Å². The highest BCUT2D eigenvalue weighted by molar-refractivity contribution is 7.80. The molecule has 1 aliphatic heterocycles. The van der Waals surface area contributed by atoms with Gasteiger partial charge >= 0.3 is 5.97 Å². The number of anilines is 1. The number of piperidine rings is 1. The quantitative estimate of drug-likeness (QED) is 0.310. The van der Waals surface area contributed by atoms with E-state index in [1.807, 2.05) is 29.6 Å². The molecule has 0 radical (unpaired) electrons. The molecule has 2 heterocycles. The van der Waals surface area contributed by atoms with Crippen LogP contribution in [-0.2, 0) is 9.53 Å². The highest BCUT2D eigenvalue weighted by Gasteiger charge is 2.26. The molecule has 1 fully saturated rings. The van der Waals surface area contributed by atoms with Crippen LogP contribution in [0.5, 0.6) is 0 Å². The number of hydrogen-bond acceptors (Lipinski definition) is 6. The van der Waals surface area contributed by atoms with Gasteiger partial charge in [-0.3, -0.25) is 4.79 Å². The van der Waals surface area contributed by atoms with Gasteiger partial charge in [-0.1, -0.05) is 48.0 Å². The SMILES string of the molecule is CCOC(=O)C(C)NC(=S)N1CCC(c2nc(C(=O)Nc3ccccc3-c3ccc(C)cc3)cs2)CC1. The number of carbonyl (C=O) groups is 2. The molecule has 9 heteroatoms. The van der Waals surface area contributed by atoms with Gasteiger partial charge in [-0.15, -0.1) is 11.3 Å². The topological polar surface area (TPSA) is 83.6 Å². The number of thiazole rings is 1. The first-order valence-corrected chi connectivity index (χ1v) is 13.8. The summed E-state index contributed by atoms with van der Waals surface area (Å²) in [6.45, 7) is 7.45. The summed E-state index contributed by atoms with van der Waals surface area (Å²) in [5.74, 6) is -0.249. The van der Waals surface area contributed by atoms with E-state index in [9.17, 15) is 9.59 Å². The second-order valence-corrected chi connectivity index (χ2v) is 10.4. The van der Waals surface area contributed by atoms with Gasteiger partial charge in [-0.25, -0.2) is 9.78 Å². The van der Waals surface area contributed by atoms with E-state index in [0.29, 0.717) is 17.4 Å². The van der Waals surface area contributed by atoms with Crippen molar-refractivity contribution in [1.29, 1.82) is 0 Å². The lowest BCUT2D eigenvalue weighted by atomic mass is 9.98. The predicted molar refractivity (Wildman–Crippen MR) is 152 cm³/mol. The minimum atomic E-state index is -0.485. The molecule has 0 bridgehead atoms. The molecule has 0 aliphatic carbocycles. The Morgan fingerprint density at radius 3 is 2.57 bits per heavy atom. The van der Waals surface area contributed by atoms with Crippen molar-refractivity contribution in [3.63, 3.8) is 0 Å². The van der Waals surface area contributed by atoms with Crippen LogP contribution in [0, 0.1) is 6.92 Å². The minimum absolute atomic E-state index is 0.210. The Bertz CT molecular complexity index is 1250. The van der Waals surface area contributed by atoms with E-state index in [2.05, 4.69) is 51.7 Å². The summed E-state index contributed by atoms with van der Waals surface area (Å²) in [5, 5.41) is 9.48. The van der Waals surface area contributed by atoms with E-state index in [0.717, 1.165) is 47.8 Å². The van der Waals surface area contributed by atoms with Crippen molar-refractivity contribution >= 4 is 46.2 Å². The molecular formula is C28H32N4O3S2. The first-order chi connectivity index (χ1) is 17.9. The molecule has 1 aliphatic rings. The van der Waals surface area contributed by atoms with Crippen molar-refractivity contribution in [3.05, 3.63) is 70.2 Å². The first kappa shape index (κ1) is 26.8. The summed E-state index contributed by atoms with van der Waals surface area (Å²) in [6.07, 6.45) is 1.75. The van der Waals surface area contributed by atoms with Gasteiger partial charge in [0.2, 0.25) is 0 Å². The molecule has 194 valence electrons. The molecular weight excluding hydrogens is 504 g/mol. The number of nitrogens with zero attached hydrogens (tertiary/aromatic N) is 2. The fourth-order valence-electron chi connectivity index (χ4n) is 4.27. The van der Waals surface area contributed by atoms with Crippen LogP contribution in [0.4, 0.5) is 5.69 Å². The zero-order valence-corrected chi connectivity index (χ0v) is 23.0. The Morgan fingerprint density at radius 2 is 1.86 bits per heavy atom. The standard InChI is InChI=1S/C28H32N4O3S2/c1-4-35-27(34)19(3)29-28(36)32-15-13-21(14-16-32)26-31-24(17-37-26)25(33)30-23-8-6-5-7-22(23)20-11-9-18(2)10-12-20/h5-12,17,19,21H,4,13-16H2,1-3H3,(H,29,36)(H,30,33). The Balaban J connectivity index is 1.34. The van der Waals surface area contributed by atoms with Gasteiger partial charge in [-0.2, -0.15) is 0 Å². The summed E-state index contributed by atoms with van der Waals surface area (Å²) in [5.41, 5.74) is 4.41. The van der Waals surface area contributed by atoms with E-state index >= 15 is 0 Å². The number of nitrogens with one attached hydrogen (secondary N) is 2. The minimum Gasteiger partial charge on any atom is -0.464 e. The summed E-state index contributed by atoms with van der Waals surface area (Å²) >= 11 is 7.03. The summed E-state index contributed by atoms with van der Waals surface area (Å²) < 4.78 is 5.04. The number of esters is 1. The zero-order chi connectivity index (χ0) is 26.4. The van der Waals surface area contributed by atoms with E-state index in [1.54, 1.807) is 13.8 Å². The van der Waals surface area contributed by atoms with Crippen LogP contribution in [-0.4, -0.2) is 52.6 Å². The van der Waals surface area contributed by atoms with Crippen molar-refractivity contribution < 1.29 is 14.3 Å². The molecule has 1 amide bonds. The highest BCUT2D eigenvalue weighted by atomic mass is 32.1. The summed E-state index contributed by atoms with van der Waals surface area (Å²) in [4.78, 5) is 31.7. The van der Waals surface area contributed by atoms with E-state index in [4.69, 9.17) is 17.0 Å². The van der Waals surface area contributed by atoms with E-state index in [-0.39, 0.29) is 17.8 Å². The Hall–Kier alpha value is -3.30. The predicted octanol–water partition coefficient (Wildman–Crippen LogP) is 5.38. The van der Waals surface area contributed by atoms with Crippen molar-refractivity contribution in [2.45, 2.75) is 45.6 Å². The molecule has 0 saturated carbocycles.